The molecule has 0 aliphatic rings. The van der Waals surface area contributed by atoms with Crippen LogP contribution in [-0.4, -0.2) is 19.2 Å². The van der Waals surface area contributed by atoms with E-state index in [1.165, 1.54) is 0 Å². The van der Waals surface area contributed by atoms with Crippen molar-refractivity contribution in [3.05, 3.63) is 29.3 Å². The summed E-state index contributed by atoms with van der Waals surface area (Å²) in [5, 5.41) is 0. The van der Waals surface area contributed by atoms with Gasteiger partial charge in [0, 0.05) is 0 Å². The molecule has 0 radical (unpaired) electrons. The van der Waals surface area contributed by atoms with Crippen LogP contribution in [0.3, 0.4) is 0 Å². The van der Waals surface area contributed by atoms with Crippen LogP contribution in [0.5, 0.6) is 5.75 Å². The molecule has 1 aromatic carbocycles. The van der Waals surface area contributed by atoms with Gasteiger partial charge in [0.15, 0.2) is 0 Å². The largest absolute Gasteiger partial charge is 0.493 e. The summed E-state index contributed by atoms with van der Waals surface area (Å²) < 4.78 is 10.7. The summed E-state index contributed by atoms with van der Waals surface area (Å²) >= 11 is 0. The van der Waals surface area contributed by atoms with Crippen LogP contribution in [0.4, 0.5) is 0 Å². The Morgan fingerprint density at radius 1 is 1.33 bits per heavy atom. The van der Waals surface area contributed by atoms with Crippen molar-refractivity contribution in [3.8, 4) is 5.75 Å². The Labute approximate surface area is 109 Å². The van der Waals surface area contributed by atoms with E-state index in [0.29, 0.717) is 30.4 Å². The molecule has 0 aliphatic heterocycles. The summed E-state index contributed by atoms with van der Waals surface area (Å²) in [6.45, 7) is 9.05. The Kier molecular flexibility index (Phi) is 5.69. The van der Waals surface area contributed by atoms with E-state index in [0.717, 1.165) is 12.0 Å². The van der Waals surface area contributed by atoms with Crippen molar-refractivity contribution in [1.29, 1.82) is 0 Å². The van der Waals surface area contributed by atoms with Crippen molar-refractivity contribution < 1.29 is 14.3 Å². The third-order valence-electron chi connectivity index (χ3n) is 2.59. The number of rotatable bonds is 6. The average molecular weight is 250 g/mol. The van der Waals surface area contributed by atoms with Crippen LogP contribution >= 0.6 is 0 Å². The maximum atomic E-state index is 11.8. The van der Waals surface area contributed by atoms with Gasteiger partial charge < -0.3 is 9.47 Å². The number of carbonyl (C=O) groups is 1. The molecule has 1 rings (SSSR count). The molecule has 0 heterocycles. The first-order valence-corrected chi connectivity index (χ1v) is 6.45. The van der Waals surface area contributed by atoms with Crippen LogP contribution in [-0.2, 0) is 4.74 Å². The molecule has 0 spiro atoms. The number of carbonyl (C=O) groups excluding carboxylic acids is 1. The zero-order chi connectivity index (χ0) is 13.5. The monoisotopic (exact) mass is 250 g/mol. The SMILES string of the molecule is CCOC(=O)c1ccc(C)cc1OCCC(C)C. The lowest BCUT2D eigenvalue weighted by atomic mass is 10.1. The summed E-state index contributed by atoms with van der Waals surface area (Å²) in [7, 11) is 0. The lowest BCUT2D eigenvalue weighted by molar-refractivity contribution is 0.0521. The van der Waals surface area contributed by atoms with Crippen LogP contribution in [0.15, 0.2) is 18.2 Å². The van der Waals surface area contributed by atoms with E-state index < -0.39 is 0 Å². The molecule has 0 unspecified atom stereocenters. The Morgan fingerprint density at radius 3 is 2.67 bits per heavy atom. The van der Waals surface area contributed by atoms with Gasteiger partial charge in [-0.2, -0.15) is 0 Å². The first-order chi connectivity index (χ1) is 8.54. The van der Waals surface area contributed by atoms with Crippen molar-refractivity contribution in [2.45, 2.75) is 34.1 Å². The lowest BCUT2D eigenvalue weighted by Gasteiger charge is -2.12. The highest BCUT2D eigenvalue weighted by Crippen LogP contribution is 2.22. The van der Waals surface area contributed by atoms with Crippen LogP contribution < -0.4 is 4.74 Å². The van der Waals surface area contributed by atoms with E-state index in [9.17, 15) is 4.79 Å². The molecule has 0 aromatic heterocycles. The zero-order valence-corrected chi connectivity index (χ0v) is 11.7. The highest BCUT2D eigenvalue weighted by atomic mass is 16.5. The topological polar surface area (TPSA) is 35.5 Å². The second-order valence-corrected chi connectivity index (χ2v) is 4.75. The first kappa shape index (κ1) is 14.6. The molecule has 0 fully saturated rings. The van der Waals surface area contributed by atoms with Crippen LogP contribution in [0.25, 0.3) is 0 Å². The fourth-order valence-electron chi connectivity index (χ4n) is 1.53. The number of hydrogen-bond donors (Lipinski definition) is 0. The van der Waals surface area contributed by atoms with Gasteiger partial charge in [0.2, 0.25) is 0 Å². The van der Waals surface area contributed by atoms with E-state index in [1.54, 1.807) is 13.0 Å². The first-order valence-electron chi connectivity index (χ1n) is 6.45. The normalized spacial score (nSPS) is 10.5. The lowest BCUT2D eigenvalue weighted by Crippen LogP contribution is -2.09. The van der Waals surface area contributed by atoms with Crippen molar-refractivity contribution in [1.82, 2.24) is 0 Å². The molecule has 0 N–H and O–H groups in total. The standard InChI is InChI=1S/C15H22O3/c1-5-17-15(16)13-7-6-12(4)10-14(13)18-9-8-11(2)3/h6-7,10-11H,5,8-9H2,1-4H3. The predicted molar refractivity (Wildman–Crippen MR) is 72.1 cm³/mol. The second kappa shape index (κ2) is 7.04. The average Bonchev–Trinajstić information content (AvgIpc) is 2.29. The number of hydrogen-bond acceptors (Lipinski definition) is 3. The maximum Gasteiger partial charge on any atom is 0.341 e. The van der Waals surface area contributed by atoms with Crippen molar-refractivity contribution in [2.24, 2.45) is 5.92 Å². The number of benzene rings is 1. The van der Waals surface area contributed by atoms with Crippen molar-refractivity contribution in [2.75, 3.05) is 13.2 Å². The Bertz CT molecular complexity index is 397. The molecule has 0 bridgehead atoms. The second-order valence-electron chi connectivity index (χ2n) is 4.75. The fraction of sp³-hybridized carbons (Fsp3) is 0.533. The van der Waals surface area contributed by atoms with Crippen molar-refractivity contribution >= 4 is 5.97 Å². The molecule has 3 heteroatoms. The Hall–Kier alpha value is -1.51. The number of aryl methyl sites for hydroxylation is 1. The van der Waals surface area contributed by atoms with E-state index in [4.69, 9.17) is 9.47 Å². The van der Waals surface area contributed by atoms with Crippen LogP contribution in [0, 0.1) is 12.8 Å². The molecular formula is C15H22O3. The van der Waals surface area contributed by atoms with Crippen molar-refractivity contribution in [3.63, 3.8) is 0 Å². The quantitative estimate of drug-likeness (QED) is 0.724. The number of ether oxygens (including phenoxy) is 2. The van der Waals surface area contributed by atoms with Gasteiger partial charge in [0.05, 0.1) is 13.2 Å². The van der Waals surface area contributed by atoms with Gasteiger partial charge in [-0.3, -0.25) is 0 Å². The predicted octanol–water partition coefficient (Wildman–Crippen LogP) is 3.60. The van der Waals surface area contributed by atoms with Gasteiger partial charge in [-0.15, -0.1) is 0 Å². The third-order valence-corrected chi connectivity index (χ3v) is 2.59. The van der Waals surface area contributed by atoms with E-state index >= 15 is 0 Å². The van der Waals surface area contributed by atoms with E-state index in [1.807, 2.05) is 19.1 Å². The highest BCUT2D eigenvalue weighted by molar-refractivity contribution is 5.92. The van der Waals surface area contributed by atoms with Gasteiger partial charge >= 0.3 is 5.97 Å². The minimum Gasteiger partial charge on any atom is -0.493 e. The molecular weight excluding hydrogens is 228 g/mol. The van der Waals surface area contributed by atoms with E-state index in [-0.39, 0.29) is 5.97 Å². The Morgan fingerprint density at radius 2 is 2.06 bits per heavy atom. The van der Waals surface area contributed by atoms with Crippen LogP contribution in [0.1, 0.15) is 43.1 Å². The summed E-state index contributed by atoms with van der Waals surface area (Å²) in [4.78, 5) is 11.8. The van der Waals surface area contributed by atoms with Crippen LogP contribution in [0.2, 0.25) is 0 Å². The molecule has 0 saturated carbocycles. The van der Waals surface area contributed by atoms with Gasteiger partial charge in [-0.05, 0) is 43.9 Å². The molecule has 0 atom stereocenters. The minimum absolute atomic E-state index is 0.322. The molecule has 0 amide bonds. The number of esters is 1. The fourth-order valence-corrected chi connectivity index (χ4v) is 1.53. The van der Waals surface area contributed by atoms with E-state index in [2.05, 4.69) is 13.8 Å². The van der Waals surface area contributed by atoms with Gasteiger partial charge in [-0.25, -0.2) is 4.79 Å². The highest BCUT2D eigenvalue weighted by Gasteiger charge is 2.13. The molecule has 3 nitrogen and oxygen atoms in total. The zero-order valence-electron chi connectivity index (χ0n) is 11.7. The molecule has 100 valence electrons. The Balaban J connectivity index is 2.79. The summed E-state index contributed by atoms with van der Waals surface area (Å²) in [5.74, 6) is 0.881. The minimum atomic E-state index is -0.322. The summed E-state index contributed by atoms with van der Waals surface area (Å²) in [6, 6.07) is 5.53. The summed E-state index contributed by atoms with van der Waals surface area (Å²) in [5.41, 5.74) is 1.58. The van der Waals surface area contributed by atoms with Gasteiger partial charge in [0.1, 0.15) is 11.3 Å². The maximum absolute atomic E-state index is 11.8. The third kappa shape index (κ3) is 4.40. The summed E-state index contributed by atoms with van der Waals surface area (Å²) in [6.07, 6.45) is 0.968. The molecule has 0 saturated heterocycles. The molecule has 18 heavy (non-hydrogen) atoms. The smallest absolute Gasteiger partial charge is 0.341 e. The molecule has 1 aromatic rings. The molecule has 0 aliphatic carbocycles. The van der Waals surface area contributed by atoms with Gasteiger partial charge in [0.25, 0.3) is 0 Å². The van der Waals surface area contributed by atoms with Gasteiger partial charge in [-0.1, -0.05) is 19.9 Å².